The number of aromatic hydroxyl groups is 1. The van der Waals surface area contributed by atoms with Gasteiger partial charge >= 0.3 is 5.97 Å². The van der Waals surface area contributed by atoms with Crippen LogP contribution in [0.25, 0.3) is 5.69 Å². The molecule has 0 unspecified atom stereocenters. The summed E-state index contributed by atoms with van der Waals surface area (Å²) in [4.78, 5) is 10.8. The smallest absolute Gasteiger partial charge is 0.360 e. The standard InChI is InChI=1S/C12H12N2O3/c1-7-4-3-5-9(8(7)2)14-6-10(15)11(13-14)12(16)17/h3-6,15H,1-2H3,(H,16,17). The van der Waals surface area contributed by atoms with Gasteiger partial charge in [0.05, 0.1) is 11.9 Å². The summed E-state index contributed by atoms with van der Waals surface area (Å²) in [6, 6.07) is 5.64. The summed E-state index contributed by atoms with van der Waals surface area (Å²) in [5, 5.41) is 22.1. The van der Waals surface area contributed by atoms with Crippen molar-refractivity contribution in [2.24, 2.45) is 0 Å². The second kappa shape index (κ2) is 3.93. The first-order valence-electron chi connectivity index (χ1n) is 5.09. The summed E-state index contributed by atoms with van der Waals surface area (Å²) in [5.41, 5.74) is 2.49. The lowest BCUT2D eigenvalue weighted by Crippen LogP contribution is -2.03. The molecule has 0 atom stereocenters. The maximum atomic E-state index is 10.8. The van der Waals surface area contributed by atoms with E-state index in [0.29, 0.717) is 0 Å². The van der Waals surface area contributed by atoms with Crippen LogP contribution < -0.4 is 0 Å². The van der Waals surface area contributed by atoms with E-state index in [2.05, 4.69) is 5.10 Å². The first-order valence-corrected chi connectivity index (χ1v) is 5.09. The van der Waals surface area contributed by atoms with Gasteiger partial charge in [-0.1, -0.05) is 12.1 Å². The number of benzene rings is 1. The van der Waals surface area contributed by atoms with E-state index >= 15 is 0 Å². The Kier molecular flexibility index (Phi) is 2.59. The summed E-state index contributed by atoms with van der Waals surface area (Å²) in [5.74, 6) is -1.58. The molecule has 1 heterocycles. The molecule has 5 nitrogen and oxygen atoms in total. The number of aromatic nitrogens is 2. The highest BCUT2D eigenvalue weighted by atomic mass is 16.4. The van der Waals surface area contributed by atoms with Crippen LogP contribution in [0.2, 0.25) is 0 Å². The molecule has 0 amide bonds. The number of carboxylic acid groups (broad SMARTS) is 1. The molecule has 0 aliphatic heterocycles. The first-order chi connectivity index (χ1) is 8.00. The maximum Gasteiger partial charge on any atom is 0.360 e. The van der Waals surface area contributed by atoms with Crippen LogP contribution in [0, 0.1) is 13.8 Å². The van der Waals surface area contributed by atoms with Gasteiger partial charge in [0.2, 0.25) is 5.69 Å². The zero-order valence-corrected chi connectivity index (χ0v) is 9.51. The Balaban J connectivity index is 2.58. The molecule has 0 bridgehead atoms. The minimum absolute atomic E-state index is 0.335. The van der Waals surface area contributed by atoms with Gasteiger partial charge in [-0.25, -0.2) is 9.48 Å². The SMILES string of the molecule is Cc1cccc(-n2cc(O)c(C(=O)O)n2)c1C. The van der Waals surface area contributed by atoms with Gasteiger partial charge in [0.25, 0.3) is 0 Å². The Morgan fingerprint density at radius 1 is 1.35 bits per heavy atom. The first kappa shape index (κ1) is 11.2. The van der Waals surface area contributed by atoms with Crippen molar-refractivity contribution in [3.8, 4) is 11.4 Å². The molecule has 17 heavy (non-hydrogen) atoms. The number of rotatable bonds is 2. The van der Waals surface area contributed by atoms with Crippen molar-refractivity contribution in [2.45, 2.75) is 13.8 Å². The summed E-state index contributed by atoms with van der Waals surface area (Å²) in [6.45, 7) is 3.88. The lowest BCUT2D eigenvalue weighted by atomic mass is 10.1. The van der Waals surface area contributed by atoms with E-state index in [9.17, 15) is 9.90 Å². The molecule has 0 radical (unpaired) electrons. The fourth-order valence-corrected chi connectivity index (χ4v) is 1.62. The van der Waals surface area contributed by atoms with Crippen LogP contribution in [0.3, 0.4) is 0 Å². The average Bonchev–Trinajstić information content (AvgIpc) is 2.64. The second-order valence-electron chi connectivity index (χ2n) is 3.83. The molecule has 0 fully saturated rings. The number of carboxylic acids is 1. The largest absolute Gasteiger partial charge is 0.504 e. The average molecular weight is 232 g/mol. The fraction of sp³-hybridized carbons (Fsp3) is 0.167. The summed E-state index contributed by atoms with van der Waals surface area (Å²) >= 11 is 0. The van der Waals surface area contributed by atoms with Gasteiger partial charge in [-0.15, -0.1) is 0 Å². The number of aryl methyl sites for hydroxylation is 1. The molecule has 0 aliphatic rings. The highest BCUT2D eigenvalue weighted by molar-refractivity contribution is 5.88. The number of carbonyl (C=O) groups is 1. The van der Waals surface area contributed by atoms with Gasteiger partial charge in [0.1, 0.15) is 0 Å². The van der Waals surface area contributed by atoms with Gasteiger partial charge in [-0.2, -0.15) is 5.10 Å². The van der Waals surface area contributed by atoms with Gasteiger partial charge in [-0.3, -0.25) is 0 Å². The topological polar surface area (TPSA) is 75.4 Å². The summed E-state index contributed by atoms with van der Waals surface area (Å²) in [7, 11) is 0. The molecular weight excluding hydrogens is 220 g/mol. The van der Waals surface area contributed by atoms with Crippen molar-refractivity contribution in [3.05, 3.63) is 41.2 Å². The van der Waals surface area contributed by atoms with E-state index in [1.165, 1.54) is 10.9 Å². The molecule has 2 rings (SSSR count). The Bertz CT molecular complexity index is 587. The van der Waals surface area contributed by atoms with E-state index in [4.69, 9.17) is 5.11 Å². The minimum Gasteiger partial charge on any atom is -0.504 e. The van der Waals surface area contributed by atoms with Crippen molar-refractivity contribution in [1.82, 2.24) is 9.78 Å². The van der Waals surface area contributed by atoms with Crippen LogP contribution in [0.1, 0.15) is 21.6 Å². The van der Waals surface area contributed by atoms with Gasteiger partial charge < -0.3 is 10.2 Å². The maximum absolute atomic E-state index is 10.8. The van der Waals surface area contributed by atoms with Gasteiger partial charge in [-0.05, 0) is 31.0 Å². The Morgan fingerprint density at radius 2 is 2.06 bits per heavy atom. The predicted octanol–water partition coefficient (Wildman–Crippen LogP) is 1.89. The van der Waals surface area contributed by atoms with Gasteiger partial charge in [0.15, 0.2) is 5.75 Å². The minimum atomic E-state index is -1.24. The quantitative estimate of drug-likeness (QED) is 0.829. The number of nitrogens with zero attached hydrogens (tertiary/aromatic N) is 2. The van der Waals surface area contributed by atoms with E-state index in [1.807, 2.05) is 32.0 Å². The van der Waals surface area contributed by atoms with Crippen molar-refractivity contribution >= 4 is 5.97 Å². The van der Waals surface area contributed by atoms with E-state index in [-0.39, 0.29) is 11.4 Å². The van der Waals surface area contributed by atoms with Crippen molar-refractivity contribution in [1.29, 1.82) is 0 Å². The molecule has 2 N–H and O–H groups in total. The van der Waals surface area contributed by atoms with Crippen molar-refractivity contribution in [2.75, 3.05) is 0 Å². The van der Waals surface area contributed by atoms with Crippen molar-refractivity contribution < 1.29 is 15.0 Å². The summed E-state index contributed by atoms with van der Waals surface area (Å²) in [6.07, 6.45) is 1.30. The Labute approximate surface area is 97.9 Å². The normalized spacial score (nSPS) is 10.5. The lowest BCUT2D eigenvalue weighted by molar-refractivity contribution is 0.0687. The highest BCUT2D eigenvalue weighted by Crippen LogP contribution is 2.21. The highest BCUT2D eigenvalue weighted by Gasteiger charge is 2.16. The van der Waals surface area contributed by atoms with Crippen molar-refractivity contribution in [3.63, 3.8) is 0 Å². The van der Waals surface area contributed by atoms with Crippen LogP contribution in [0.5, 0.6) is 5.75 Å². The van der Waals surface area contributed by atoms with Crippen LogP contribution in [-0.4, -0.2) is 26.0 Å². The molecule has 0 saturated heterocycles. The predicted molar refractivity (Wildman–Crippen MR) is 61.7 cm³/mol. The van der Waals surface area contributed by atoms with E-state index in [1.54, 1.807) is 0 Å². The molecule has 2 aromatic rings. The number of aromatic carboxylic acids is 1. The van der Waals surface area contributed by atoms with E-state index in [0.717, 1.165) is 16.8 Å². The molecule has 88 valence electrons. The number of hydrogen-bond donors (Lipinski definition) is 2. The monoisotopic (exact) mass is 232 g/mol. The molecule has 1 aromatic heterocycles. The zero-order valence-electron chi connectivity index (χ0n) is 9.51. The molecule has 0 aliphatic carbocycles. The fourth-order valence-electron chi connectivity index (χ4n) is 1.62. The van der Waals surface area contributed by atoms with Crippen LogP contribution >= 0.6 is 0 Å². The number of hydrogen-bond acceptors (Lipinski definition) is 3. The zero-order chi connectivity index (χ0) is 12.6. The van der Waals surface area contributed by atoms with Gasteiger partial charge in [0, 0.05) is 0 Å². The molecule has 0 saturated carbocycles. The van der Waals surface area contributed by atoms with E-state index < -0.39 is 5.97 Å². The summed E-state index contributed by atoms with van der Waals surface area (Å²) < 4.78 is 1.38. The third-order valence-electron chi connectivity index (χ3n) is 2.72. The van der Waals surface area contributed by atoms with Crippen LogP contribution in [0.15, 0.2) is 24.4 Å². The van der Waals surface area contributed by atoms with Crippen LogP contribution in [-0.2, 0) is 0 Å². The lowest BCUT2D eigenvalue weighted by Gasteiger charge is -2.07. The molecule has 5 heteroatoms. The third kappa shape index (κ3) is 1.87. The molecule has 1 aromatic carbocycles. The van der Waals surface area contributed by atoms with Crippen LogP contribution in [0.4, 0.5) is 0 Å². The second-order valence-corrected chi connectivity index (χ2v) is 3.83. The Hall–Kier alpha value is -2.30. The molecule has 0 spiro atoms. The third-order valence-corrected chi connectivity index (χ3v) is 2.72. The Morgan fingerprint density at radius 3 is 2.65 bits per heavy atom. The molecular formula is C12H12N2O3.